The minimum atomic E-state index is -0.933. The molecule has 190 valence electrons. The number of carboxylic acids is 1. The zero-order valence-electron chi connectivity index (χ0n) is 20.1. The Morgan fingerprint density at radius 3 is 2.34 bits per heavy atom. The average molecular weight is 487 g/mol. The van der Waals surface area contributed by atoms with Crippen LogP contribution in [0.15, 0.2) is 42.5 Å². The molecule has 0 radical (unpaired) electrons. The van der Waals surface area contributed by atoms with Crippen LogP contribution in [0.25, 0.3) is 0 Å². The normalized spacial score (nSPS) is 13.8. The first-order chi connectivity index (χ1) is 16.7. The molecule has 1 aliphatic rings. The smallest absolute Gasteiger partial charge is 0.320 e. The Kier molecular flexibility index (Phi) is 10.5. The number of aliphatic carboxylic acids is 1. The molecule has 0 aliphatic carbocycles. The van der Waals surface area contributed by atoms with Gasteiger partial charge in [0, 0.05) is 12.1 Å². The summed E-state index contributed by atoms with van der Waals surface area (Å²) in [4.78, 5) is 36.2. The third-order valence-corrected chi connectivity index (χ3v) is 5.70. The minimum absolute atomic E-state index is 0.0369. The Morgan fingerprint density at radius 2 is 1.77 bits per heavy atom. The highest BCUT2D eigenvalue weighted by Gasteiger charge is 2.34. The van der Waals surface area contributed by atoms with Crippen LogP contribution in [-0.2, 0) is 16.1 Å². The zero-order chi connectivity index (χ0) is 26.0. The molecular weight excluding hydrogens is 452 g/mol. The summed E-state index contributed by atoms with van der Waals surface area (Å²) in [6.07, 6.45) is 2.20. The van der Waals surface area contributed by atoms with Crippen LogP contribution in [0.1, 0.15) is 53.2 Å². The SMILES string of the molecule is COc1ccc(C(CC(N)=O)N2Cc3ccccc3C2=O)cc1OC.NCCCCC(N)C(=O)O. The van der Waals surface area contributed by atoms with Gasteiger partial charge in [-0.05, 0) is 48.7 Å². The number of ether oxygens (including phenoxy) is 2. The van der Waals surface area contributed by atoms with Crippen molar-refractivity contribution in [3.8, 4) is 11.5 Å². The molecule has 0 saturated heterocycles. The summed E-state index contributed by atoms with van der Waals surface area (Å²) in [5.41, 5.74) is 18.2. The molecule has 2 atom stereocenters. The van der Waals surface area contributed by atoms with E-state index < -0.39 is 24.0 Å². The second-order valence-electron chi connectivity index (χ2n) is 8.12. The van der Waals surface area contributed by atoms with E-state index in [0.29, 0.717) is 36.6 Å². The molecule has 0 bridgehead atoms. The molecular formula is C25H34N4O6. The molecule has 2 amide bonds. The van der Waals surface area contributed by atoms with Gasteiger partial charge in [-0.3, -0.25) is 14.4 Å². The Labute approximate surface area is 205 Å². The maximum atomic E-state index is 12.8. The quantitative estimate of drug-likeness (QED) is 0.348. The van der Waals surface area contributed by atoms with Crippen molar-refractivity contribution in [2.75, 3.05) is 20.8 Å². The molecule has 2 unspecified atom stereocenters. The Bertz CT molecular complexity index is 1030. The number of hydrogen-bond acceptors (Lipinski definition) is 7. The van der Waals surface area contributed by atoms with Crippen molar-refractivity contribution in [1.82, 2.24) is 4.90 Å². The molecule has 0 fully saturated rings. The minimum Gasteiger partial charge on any atom is -0.493 e. The third-order valence-electron chi connectivity index (χ3n) is 5.70. The highest BCUT2D eigenvalue weighted by atomic mass is 16.5. The van der Waals surface area contributed by atoms with Crippen molar-refractivity contribution >= 4 is 17.8 Å². The fourth-order valence-corrected chi connectivity index (χ4v) is 3.82. The van der Waals surface area contributed by atoms with Gasteiger partial charge < -0.3 is 36.7 Å². The van der Waals surface area contributed by atoms with Crippen LogP contribution in [-0.4, -0.2) is 54.6 Å². The molecule has 1 aliphatic heterocycles. The van der Waals surface area contributed by atoms with Crippen molar-refractivity contribution < 1.29 is 29.0 Å². The van der Waals surface area contributed by atoms with Gasteiger partial charge in [0.2, 0.25) is 5.91 Å². The molecule has 3 rings (SSSR count). The lowest BCUT2D eigenvalue weighted by Crippen LogP contribution is -2.32. The van der Waals surface area contributed by atoms with E-state index in [4.69, 9.17) is 31.8 Å². The van der Waals surface area contributed by atoms with Crippen molar-refractivity contribution in [2.24, 2.45) is 17.2 Å². The number of unbranched alkanes of at least 4 members (excludes halogenated alkanes) is 1. The Balaban J connectivity index is 0.000000367. The third kappa shape index (κ3) is 7.43. The number of primary amides is 1. The number of nitrogens with zero attached hydrogens (tertiary/aromatic N) is 1. The van der Waals surface area contributed by atoms with Gasteiger partial charge in [-0.25, -0.2) is 0 Å². The number of carbonyl (C=O) groups is 3. The summed E-state index contributed by atoms with van der Waals surface area (Å²) in [5, 5.41) is 8.33. The first kappa shape index (κ1) is 27.6. The van der Waals surface area contributed by atoms with Crippen LogP contribution in [0, 0.1) is 0 Å². The van der Waals surface area contributed by atoms with Crippen LogP contribution >= 0.6 is 0 Å². The number of fused-ring (bicyclic) bond motifs is 1. The second kappa shape index (κ2) is 13.3. The molecule has 35 heavy (non-hydrogen) atoms. The Hall–Kier alpha value is -3.63. The summed E-state index contributed by atoms with van der Waals surface area (Å²) in [5.74, 6) is -0.379. The van der Waals surface area contributed by atoms with Crippen LogP contribution in [0.2, 0.25) is 0 Å². The molecule has 0 saturated carbocycles. The van der Waals surface area contributed by atoms with Gasteiger partial charge in [-0.2, -0.15) is 0 Å². The van der Waals surface area contributed by atoms with Gasteiger partial charge in [0.05, 0.1) is 26.7 Å². The first-order valence-corrected chi connectivity index (χ1v) is 11.3. The van der Waals surface area contributed by atoms with Gasteiger partial charge >= 0.3 is 5.97 Å². The predicted molar refractivity (Wildman–Crippen MR) is 131 cm³/mol. The zero-order valence-corrected chi connectivity index (χ0v) is 20.1. The van der Waals surface area contributed by atoms with Crippen molar-refractivity contribution in [3.63, 3.8) is 0 Å². The largest absolute Gasteiger partial charge is 0.493 e. The summed E-state index contributed by atoms with van der Waals surface area (Å²) in [6.45, 7) is 1.05. The van der Waals surface area contributed by atoms with Crippen molar-refractivity contribution in [2.45, 2.75) is 44.3 Å². The number of benzene rings is 2. The van der Waals surface area contributed by atoms with Gasteiger partial charge in [0.25, 0.3) is 5.91 Å². The van der Waals surface area contributed by atoms with Crippen LogP contribution < -0.4 is 26.7 Å². The van der Waals surface area contributed by atoms with E-state index in [1.165, 1.54) is 0 Å². The fourth-order valence-electron chi connectivity index (χ4n) is 3.82. The van der Waals surface area contributed by atoms with Gasteiger partial charge in [-0.1, -0.05) is 30.7 Å². The lowest BCUT2D eigenvalue weighted by molar-refractivity contribution is -0.138. The van der Waals surface area contributed by atoms with Crippen LogP contribution in [0.5, 0.6) is 11.5 Å². The van der Waals surface area contributed by atoms with Gasteiger partial charge in [0.15, 0.2) is 11.5 Å². The van der Waals surface area contributed by atoms with E-state index in [1.54, 1.807) is 37.3 Å². The molecule has 0 aromatic heterocycles. The molecule has 2 aromatic carbocycles. The standard InChI is InChI=1S/C19H20N2O4.C6H14N2O2/c1-24-16-8-7-12(9-17(16)25-2)15(10-18(20)22)21-11-13-5-3-4-6-14(13)19(21)23;7-4-2-1-3-5(8)6(9)10/h3-9,15H,10-11H2,1-2H3,(H2,20,22);5H,1-4,7-8H2,(H,9,10). The number of carbonyl (C=O) groups excluding carboxylic acids is 2. The number of methoxy groups -OCH3 is 2. The fraction of sp³-hybridized carbons (Fsp3) is 0.400. The molecule has 10 nitrogen and oxygen atoms in total. The molecule has 7 N–H and O–H groups in total. The highest BCUT2D eigenvalue weighted by Crippen LogP contribution is 2.37. The van der Waals surface area contributed by atoms with E-state index in [2.05, 4.69) is 0 Å². The molecule has 0 spiro atoms. The van der Waals surface area contributed by atoms with Crippen molar-refractivity contribution in [3.05, 3.63) is 59.2 Å². The van der Waals surface area contributed by atoms with Crippen LogP contribution in [0.3, 0.4) is 0 Å². The Morgan fingerprint density at radius 1 is 1.09 bits per heavy atom. The number of nitrogens with two attached hydrogens (primary N) is 3. The van der Waals surface area contributed by atoms with E-state index >= 15 is 0 Å². The maximum Gasteiger partial charge on any atom is 0.320 e. The topological polar surface area (TPSA) is 171 Å². The molecule has 1 heterocycles. The number of carboxylic acid groups (broad SMARTS) is 1. The predicted octanol–water partition coefficient (Wildman–Crippen LogP) is 1.80. The number of rotatable bonds is 11. The van der Waals surface area contributed by atoms with E-state index in [9.17, 15) is 14.4 Å². The van der Waals surface area contributed by atoms with E-state index in [-0.39, 0.29) is 12.3 Å². The van der Waals surface area contributed by atoms with E-state index in [0.717, 1.165) is 24.0 Å². The monoisotopic (exact) mass is 486 g/mol. The molecule has 10 heteroatoms. The summed E-state index contributed by atoms with van der Waals surface area (Å²) in [7, 11) is 3.10. The highest BCUT2D eigenvalue weighted by molar-refractivity contribution is 5.98. The lowest BCUT2D eigenvalue weighted by Gasteiger charge is -2.28. The number of hydrogen-bond donors (Lipinski definition) is 4. The van der Waals surface area contributed by atoms with Crippen LogP contribution in [0.4, 0.5) is 0 Å². The van der Waals surface area contributed by atoms with E-state index in [1.807, 2.05) is 24.3 Å². The summed E-state index contributed by atoms with van der Waals surface area (Å²) >= 11 is 0. The first-order valence-electron chi connectivity index (χ1n) is 11.3. The van der Waals surface area contributed by atoms with Gasteiger partial charge in [-0.15, -0.1) is 0 Å². The summed E-state index contributed by atoms with van der Waals surface area (Å²) in [6, 6.07) is 11.6. The van der Waals surface area contributed by atoms with Crippen molar-refractivity contribution in [1.29, 1.82) is 0 Å². The average Bonchev–Trinajstić information content (AvgIpc) is 3.18. The lowest BCUT2D eigenvalue weighted by atomic mass is 10.0. The van der Waals surface area contributed by atoms with Gasteiger partial charge in [0.1, 0.15) is 6.04 Å². The molecule has 2 aromatic rings. The maximum absolute atomic E-state index is 12.8. The summed E-state index contributed by atoms with van der Waals surface area (Å²) < 4.78 is 10.6. The second-order valence-corrected chi connectivity index (χ2v) is 8.12. The number of amides is 2.